The highest BCUT2D eigenvalue weighted by atomic mass is 32.1. The largest absolute Gasteiger partial charge is 0.391 e. The maximum Gasteiger partial charge on any atom is 0.391 e. The maximum atomic E-state index is 12.5. The van der Waals surface area contributed by atoms with Gasteiger partial charge >= 0.3 is 6.18 Å². The zero-order valence-corrected chi connectivity index (χ0v) is 10.9. The minimum absolute atomic E-state index is 0.00201. The van der Waals surface area contributed by atoms with Gasteiger partial charge in [-0.1, -0.05) is 6.07 Å². The SMILES string of the molecule is NC(Cc1cccs1)C1CCC(C(F)(F)F)CC1. The van der Waals surface area contributed by atoms with E-state index in [9.17, 15) is 13.2 Å². The van der Waals surface area contributed by atoms with E-state index in [0.29, 0.717) is 12.8 Å². The Hall–Kier alpha value is -0.550. The molecule has 1 aromatic heterocycles. The zero-order chi connectivity index (χ0) is 13.2. The monoisotopic (exact) mass is 277 g/mol. The molecule has 0 spiro atoms. The lowest BCUT2D eigenvalue weighted by molar-refractivity contribution is -0.184. The van der Waals surface area contributed by atoms with Gasteiger partial charge in [-0.05, 0) is 49.5 Å². The van der Waals surface area contributed by atoms with Crippen molar-refractivity contribution in [2.24, 2.45) is 17.6 Å². The van der Waals surface area contributed by atoms with Crippen LogP contribution in [-0.4, -0.2) is 12.2 Å². The minimum Gasteiger partial charge on any atom is -0.327 e. The lowest BCUT2D eigenvalue weighted by Crippen LogP contribution is -2.37. The molecule has 0 aromatic carbocycles. The molecule has 1 fully saturated rings. The first-order valence-corrected chi connectivity index (χ1v) is 7.19. The fourth-order valence-electron chi connectivity index (χ4n) is 2.70. The fourth-order valence-corrected chi connectivity index (χ4v) is 3.48. The van der Waals surface area contributed by atoms with Crippen molar-refractivity contribution in [2.45, 2.75) is 44.3 Å². The van der Waals surface area contributed by atoms with E-state index in [-0.39, 0.29) is 24.8 Å². The molecule has 1 atom stereocenters. The van der Waals surface area contributed by atoms with Crippen LogP contribution in [0.4, 0.5) is 13.2 Å². The smallest absolute Gasteiger partial charge is 0.327 e. The summed E-state index contributed by atoms with van der Waals surface area (Å²) in [5.74, 6) is -0.867. The van der Waals surface area contributed by atoms with Crippen LogP contribution in [0.2, 0.25) is 0 Å². The molecule has 1 aliphatic carbocycles. The maximum absolute atomic E-state index is 12.5. The molecule has 1 heterocycles. The molecule has 1 nitrogen and oxygen atoms in total. The quantitative estimate of drug-likeness (QED) is 0.888. The van der Waals surface area contributed by atoms with Gasteiger partial charge in [0.05, 0.1) is 5.92 Å². The summed E-state index contributed by atoms with van der Waals surface area (Å²) in [6.07, 6.45) is -1.53. The van der Waals surface area contributed by atoms with Crippen molar-refractivity contribution in [3.8, 4) is 0 Å². The van der Waals surface area contributed by atoms with Gasteiger partial charge in [0.15, 0.2) is 0 Å². The summed E-state index contributed by atoms with van der Waals surface area (Å²) in [5, 5.41) is 2.00. The van der Waals surface area contributed by atoms with Gasteiger partial charge in [-0.15, -0.1) is 11.3 Å². The van der Waals surface area contributed by atoms with E-state index in [0.717, 1.165) is 6.42 Å². The van der Waals surface area contributed by atoms with E-state index in [2.05, 4.69) is 0 Å². The van der Waals surface area contributed by atoms with Gasteiger partial charge in [0.2, 0.25) is 0 Å². The van der Waals surface area contributed by atoms with Gasteiger partial charge in [0.25, 0.3) is 0 Å². The second-order valence-corrected chi connectivity index (χ2v) is 6.13. The summed E-state index contributed by atoms with van der Waals surface area (Å²) in [5.41, 5.74) is 6.12. The van der Waals surface area contributed by atoms with Crippen molar-refractivity contribution in [1.82, 2.24) is 0 Å². The molecular formula is C13H18F3NS. The molecule has 1 unspecified atom stereocenters. The second kappa shape index (κ2) is 5.61. The first-order chi connectivity index (χ1) is 8.47. The summed E-state index contributed by atoms with van der Waals surface area (Å²) >= 11 is 1.66. The average molecular weight is 277 g/mol. The molecule has 102 valence electrons. The van der Waals surface area contributed by atoms with E-state index in [1.54, 1.807) is 11.3 Å². The predicted octanol–water partition coefficient (Wildman–Crippen LogP) is 3.99. The molecule has 2 rings (SSSR count). The van der Waals surface area contributed by atoms with Crippen LogP contribution in [0.25, 0.3) is 0 Å². The lowest BCUT2D eigenvalue weighted by atomic mass is 9.77. The Labute approximate surface area is 109 Å². The number of hydrogen-bond acceptors (Lipinski definition) is 2. The van der Waals surface area contributed by atoms with Crippen LogP contribution >= 0.6 is 11.3 Å². The molecule has 18 heavy (non-hydrogen) atoms. The Morgan fingerprint density at radius 3 is 2.44 bits per heavy atom. The number of thiophene rings is 1. The Morgan fingerprint density at radius 2 is 1.94 bits per heavy atom. The zero-order valence-electron chi connectivity index (χ0n) is 10.1. The number of rotatable bonds is 3. The van der Waals surface area contributed by atoms with Gasteiger partial charge < -0.3 is 5.73 Å². The van der Waals surface area contributed by atoms with E-state index < -0.39 is 12.1 Å². The normalized spacial score (nSPS) is 27.1. The van der Waals surface area contributed by atoms with E-state index in [4.69, 9.17) is 5.73 Å². The van der Waals surface area contributed by atoms with Crippen LogP contribution in [0, 0.1) is 11.8 Å². The molecule has 1 aliphatic rings. The minimum atomic E-state index is -4.02. The number of nitrogens with two attached hydrogens (primary N) is 1. The van der Waals surface area contributed by atoms with Crippen LogP contribution in [0.1, 0.15) is 30.6 Å². The molecule has 0 amide bonds. The van der Waals surface area contributed by atoms with Crippen molar-refractivity contribution >= 4 is 11.3 Å². The number of halogens is 3. The second-order valence-electron chi connectivity index (χ2n) is 5.10. The molecule has 0 bridgehead atoms. The molecular weight excluding hydrogens is 259 g/mol. The van der Waals surface area contributed by atoms with Crippen LogP contribution in [0.3, 0.4) is 0 Å². The third-order valence-electron chi connectivity index (χ3n) is 3.86. The molecule has 2 N–H and O–H groups in total. The Kier molecular flexibility index (Phi) is 4.33. The van der Waals surface area contributed by atoms with Crippen molar-refractivity contribution in [2.75, 3.05) is 0 Å². The highest BCUT2D eigenvalue weighted by Gasteiger charge is 2.42. The highest BCUT2D eigenvalue weighted by Crippen LogP contribution is 2.40. The topological polar surface area (TPSA) is 26.0 Å². The van der Waals surface area contributed by atoms with E-state index >= 15 is 0 Å². The van der Waals surface area contributed by atoms with E-state index in [1.165, 1.54) is 4.88 Å². The standard InChI is InChI=1S/C13H18F3NS/c14-13(15,16)10-5-3-9(4-6-10)12(17)8-11-2-1-7-18-11/h1-2,7,9-10,12H,3-6,8,17H2. The van der Waals surface area contributed by atoms with Crippen LogP contribution in [-0.2, 0) is 6.42 Å². The summed E-state index contributed by atoms with van der Waals surface area (Å²) < 4.78 is 37.6. The van der Waals surface area contributed by atoms with Crippen molar-refractivity contribution in [3.63, 3.8) is 0 Å². The third-order valence-corrected chi connectivity index (χ3v) is 4.76. The average Bonchev–Trinajstić information content (AvgIpc) is 2.81. The highest BCUT2D eigenvalue weighted by molar-refractivity contribution is 7.09. The van der Waals surface area contributed by atoms with Crippen LogP contribution in [0.15, 0.2) is 17.5 Å². The first kappa shape index (κ1) is 13.9. The molecule has 5 heteroatoms. The van der Waals surface area contributed by atoms with Gasteiger partial charge in [-0.3, -0.25) is 0 Å². The summed E-state index contributed by atoms with van der Waals surface area (Å²) in [4.78, 5) is 1.22. The molecule has 0 saturated heterocycles. The van der Waals surface area contributed by atoms with Crippen LogP contribution in [0.5, 0.6) is 0 Å². The van der Waals surface area contributed by atoms with Crippen molar-refractivity contribution in [3.05, 3.63) is 22.4 Å². The number of hydrogen-bond donors (Lipinski definition) is 1. The van der Waals surface area contributed by atoms with Crippen molar-refractivity contribution in [1.29, 1.82) is 0 Å². The lowest BCUT2D eigenvalue weighted by Gasteiger charge is -2.32. The third kappa shape index (κ3) is 3.48. The molecule has 1 saturated carbocycles. The fraction of sp³-hybridized carbons (Fsp3) is 0.692. The molecule has 0 aliphatic heterocycles. The molecule has 0 radical (unpaired) electrons. The molecule has 1 aromatic rings. The predicted molar refractivity (Wildman–Crippen MR) is 67.5 cm³/mol. The first-order valence-electron chi connectivity index (χ1n) is 6.31. The van der Waals surface area contributed by atoms with Gasteiger partial charge in [-0.25, -0.2) is 0 Å². The van der Waals surface area contributed by atoms with Gasteiger partial charge in [-0.2, -0.15) is 13.2 Å². The Bertz CT molecular complexity index is 353. The summed E-state index contributed by atoms with van der Waals surface area (Å²) in [6, 6.07) is 4.01. The Morgan fingerprint density at radius 1 is 1.28 bits per heavy atom. The Balaban J connectivity index is 1.82. The van der Waals surface area contributed by atoms with Gasteiger partial charge in [0, 0.05) is 10.9 Å². The van der Waals surface area contributed by atoms with Crippen LogP contribution < -0.4 is 5.73 Å². The summed E-state index contributed by atoms with van der Waals surface area (Å²) in [6.45, 7) is 0. The van der Waals surface area contributed by atoms with E-state index in [1.807, 2.05) is 17.5 Å². The van der Waals surface area contributed by atoms with Crippen molar-refractivity contribution < 1.29 is 13.2 Å². The van der Waals surface area contributed by atoms with Gasteiger partial charge in [0.1, 0.15) is 0 Å². The number of alkyl halides is 3. The summed E-state index contributed by atoms with van der Waals surface area (Å²) in [7, 11) is 0.